The van der Waals surface area contributed by atoms with Crippen LogP contribution < -0.4 is 5.32 Å². The molecule has 0 radical (unpaired) electrons. The number of nitrogens with one attached hydrogen (secondary N) is 1. The van der Waals surface area contributed by atoms with Gasteiger partial charge in [-0.25, -0.2) is 0 Å². The zero-order valence-electron chi connectivity index (χ0n) is 9.69. The Labute approximate surface area is 95.8 Å². The van der Waals surface area contributed by atoms with Gasteiger partial charge in [-0.2, -0.15) is 0 Å². The Hall–Kier alpha value is -1.35. The van der Waals surface area contributed by atoms with Crippen molar-refractivity contribution in [2.24, 2.45) is 0 Å². The van der Waals surface area contributed by atoms with Crippen LogP contribution in [-0.4, -0.2) is 18.6 Å². The number of fused-ring (bicyclic) bond motifs is 1. The van der Waals surface area contributed by atoms with E-state index in [1.807, 2.05) is 32.0 Å². The zero-order valence-corrected chi connectivity index (χ0v) is 9.69. The van der Waals surface area contributed by atoms with Crippen LogP contribution in [0.25, 0.3) is 0 Å². The molecule has 1 heterocycles. The van der Waals surface area contributed by atoms with E-state index in [2.05, 4.69) is 11.4 Å². The van der Waals surface area contributed by atoms with Crippen molar-refractivity contribution in [3.63, 3.8) is 0 Å². The molecule has 0 aliphatic carbocycles. The Morgan fingerprint density at radius 2 is 2.25 bits per heavy atom. The van der Waals surface area contributed by atoms with E-state index in [1.54, 1.807) is 0 Å². The number of hydrogen-bond acceptors (Lipinski definition) is 3. The van der Waals surface area contributed by atoms with E-state index in [1.165, 1.54) is 5.56 Å². The minimum Gasteiger partial charge on any atom is -0.465 e. The number of esters is 1. The van der Waals surface area contributed by atoms with Crippen LogP contribution in [0.5, 0.6) is 0 Å². The number of carbonyl (C=O) groups excluding carboxylic acids is 1. The highest BCUT2D eigenvalue weighted by Crippen LogP contribution is 2.28. The lowest BCUT2D eigenvalue weighted by atomic mass is 9.85. The molecule has 3 heteroatoms. The maximum Gasteiger partial charge on any atom is 0.315 e. The van der Waals surface area contributed by atoms with E-state index in [9.17, 15) is 4.79 Å². The number of ether oxygens (including phenoxy) is 1. The van der Waals surface area contributed by atoms with Crippen molar-refractivity contribution >= 4 is 5.97 Å². The maximum atomic E-state index is 11.9. The number of benzene rings is 1. The summed E-state index contributed by atoms with van der Waals surface area (Å²) in [5.41, 5.74) is 2.30. The van der Waals surface area contributed by atoms with Crippen molar-refractivity contribution in [3.8, 4) is 0 Å². The van der Waals surface area contributed by atoms with Crippen molar-refractivity contribution in [1.29, 1.82) is 0 Å². The first kappa shape index (κ1) is 11.1. The van der Waals surface area contributed by atoms with Crippen LogP contribution in [0, 0.1) is 0 Å². The largest absolute Gasteiger partial charge is 0.465 e. The molecule has 1 aliphatic heterocycles. The Morgan fingerprint density at radius 1 is 1.50 bits per heavy atom. The fourth-order valence-electron chi connectivity index (χ4n) is 2.22. The summed E-state index contributed by atoms with van der Waals surface area (Å²) in [5, 5.41) is 3.33. The summed E-state index contributed by atoms with van der Waals surface area (Å²) >= 11 is 0. The van der Waals surface area contributed by atoms with Gasteiger partial charge < -0.3 is 10.1 Å². The summed E-state index contributed by atoms with van der Waals surface area (Å²) in [4.78, 5) is 11.9. The molecule has 1 aliphatic rings. The topological polar surface area (TPSA) is 38.3 Å². The smallest absolute Gasteiger partial charge is 0.315 e. The molecule has 0 bridgehead atoms. The monoisotopic (exact) mass is 219 g/mol. The van der Waals surface area contributed by atoms with E-state index >= 15 is 0 Å². The van der Waals surface area contributed by atoms with Crippen LogP contribution in [-0.2, 0) is 16.1 Å². The van der Waals surface area contributed by atoms with Gasteiger partial charge in [-0.15, -0.1) is 0 Å². The standard InChI is InChI=1S/C13H17NO2/c1-3-16-13(15)12-9(2)14-8-10-6-4-5-7-11(10)12/h4-7,9,12,14H,3,8H2,1-2H3/t9-,12-/m1/s1. The molecule has 0 aromatic heterocycles. The molecule has 0 saturated heterocycles. The first-order valence-corrected chi connectivity index (χ1v) is 5.72. The average Bonchev–Trinajstić information content (AvgIpc) is 2.29. The highest BCUT2D eigenvalue weighted by atomic mass is 16.5. The minimum atomic E-state index is -0.176. The molecule has 1 N–H and O–H groups in total. The van der Waals surface area contributed by atoms with Gasteiger partial charge in [0.1, 0.15) is 0 Å². The predicted molar refractivity (Wildman–Crippen MR) is 62.1 cm³/mol. The molecule has 86 valence electrons. The molecule has 16 heavy (non-hydrogen) atoms. The third kappa shape index (κ3) is 1.95. The van der Waals surface area contributed by atoms with Crippen molar-refractivity contribution in [2.45, 2.75) is 32.4 Å². The fourth-order valence-corrected chi connectivity index (χ4v) is 2.22. The lowest BCUT2D eigenvalue weighted by Gasteiger charge is -2.30. The number of rotatable bonds is 2. The van der Waals surface area contributed by atoms with Crippen LogP contribution in [0.15, 0.2) is 24.3 Å². The van der Waals surface area contributed by atoms with Gasteiger partial charge in [0.25, 0.3) is 0 Å². The number of hydrogen-bond donors (Lipinski definition) is 1. The van der Waals surface area contributed by atoms with Crippen molar-refractivity contribution in [3.05, 3.63) is 35.4 Å². The Kier molecular flexibility index (Phi) is 3.25. The van der Waals surface area contributed by atoms with Gasteiger partial charge in [0.05, 0.1) is 12.5 Å². The molecule has 1 aromatic carbocycles. The molecule has 1 aromatic rings. The van der Waals surface area contributed by atoms with Crippen LogP contribution >= 0.6 is 0 Å². The summed E-state index contributed by atoms with van der Waals surface area (Å²) in [7, 11) is 0. The lowest BCUT2D eigenvalue weighted by Crippen LogP contribution is -2.41. The summed E-state index contributed by atoms with van der Waals surface area (Å²) < 4.78 is 5.13. The van der Waals surface area contributed by atoms with Gasteiger partial charge >= 0.3 is 5.97 Å². The molecule has 0 unspecified atom stereocenters. The predicted octanol–water partition coefficient (Wildman–Crippen LogP) is 1.82. The summed E-state index contributed by atoms with van der Waals surface area (Å²) in [6.45, 7) is 5.12. The molecule has 2 rings (SSSR count). The van der Waals surface area contributed by atoms with E-state index in [0.717, 1.165) is 12.1 Å². The molecule has 0 spiro atoms. The van der Waals surface area contributed by atoms with Crippen molar-refractivity contribution in [2.75, 3.05) is 6.61 Å². The second-order valence-electron chi connectivity index (χ2n) is 4.10. The maximum absolute atomic E-state index is 11.9. The van der Waals surface area contributed by atoms with E-state index in [4.69, 9.17) is 4.74 Å². The molecule has 3 nitrogen and oxygen atoms in total. The normalized spacial score (nSPS) is 23.6. The number of carbonyl (C=O) groups is 1. The van der Waals surface area contributed by atoms with E-state index in [-0.39, 0.29) is 17.9 Å². The van der Waals surface area contributed by atoms with Crippen molar-refractivity contribution in [1.82, 2.24) is 5.32 Å². The quantitative estimate of drug-likeness (QED) is 0.771. The SMILES string of the molecule is CCOC(=O)[C@H]1c2ccccc2CN[C@@H]1C. The van der Waals surface area contributed by atoms with Gasteiger partial charge in [0.15, 0.2) is 0 Å². The Morgan fingerprint density at radius 3 is 3.00 bits per heavy atom. The molecule has 0 saturated carbocycles. The first-order valence-electron chi connectivity index (χ1n) is 5.72. The van der Waals surface area contributed by atoms with E-state index < -0.39 is 0 Å². The van der Waals surface area contributed by atoms with Crippen LogP contribution in [0.2, 0.25) is 0 Å². The molecular formula is C13H17NO2. The zero-order chi connectivity index (χ0) is 11.5. The second-order valence-corrected chi connectivity index (χ2v) is 4.10. The third-order valence-corrected chi connectivity index (χ3v) is 3.05. The van der Waals surface area contributed by atoms with Crippen molar-refractivity contribution < 1.29 is 9.53 Å². The fraction of sp³-hybridized carbons (Fsp3) is 0.462. The van der Waals surface area contributed by atoms with Gasteiger partial charge in [-0.05, 0) is 25.0 Å². The molecular weight excluding hydrogens is 202 g/mol. The summed E-state index contributed by atoms with van der Waals surface area (Å²) in [6, 6.07) is 8.19. The molecule has 0 amide bonds. The van der Waals surface area contributed by atoms with Crippen LogP contribution in [0.4, 0.5) is 0 Å². The first-order chi connectivity index (χ1) is 7.74. The summed E-state index contributed by atoms with van der Waals surface area (Å²) in [5.74, 6) is -0.306. The van der Waals surface area contributed by atoms with Crippen LogP contribution in [0.3, 0.4) is 0 Å². The molecule has 2 atom stereocenters. The Balaban J connectivity index is 2.33. The minimum absolute atomic E-state index is 0.130. The van der Waals surface area contributed by atoms with E-state index in [0.29, 0.717) is 6.61 Å². The van der Waals surface area contributed by atoms with Gasteiger partial charge in [-0.1, -0.05) is 24.3 Å². The van der Waals surface area contributed by atoms with Gasteiger partial charge in [0, 0.05) is 12.6 Å². The average molecular weight is 219 g/mol. The highest BCUT2D eigenvalue weighted by Gasteiger charge is 2.32. The second kappa shape index (κ2) is 4.66. The molecule has 0 fully saturated rings. The third-order valence-electron chi connectivity index (χ3n) is 3.05. The summed E-state index contributed by atoms with van der Waals surface area (Å²) in [6.07, 6.45) is 0. The van der Waals surface area contributed by atoms with Crippen LogP contribution in [0.1, 0.15) is 30.9 Å². The van der Waals surface area contributed by atoms with Gasteiger partial charge in [-0.3, -0.25) is 4.79 Å². The lowest BCUT2D eigenvalue weighted by molar-refractivity contribution is -0.145. The van der Waals surface area contributed by atoms with Gasteiger partial charge in [0.2, 0.25) is 0 Å². The Bertz CT molecular complexity index is 389. The highest BCUT2D eigenvalue weighted by molar-refractivity contribution is 5.80.